The van der Waals surface area contributed by atoms with Crippen LogP contribution in [0, 0.1) is 0 Å². The Balaban J connectivity index is 1.24. The van der Waals surface area contributed by atoms with E-state index in [1.54, 1.807) is 20.8 Å². The zero-order valence-corrected chi connectivity index (χ0v) is 25.7. The van der Waals surface area contributed by atoms with E-state index in [9.17, 15) is 31.5 Å². The molecule has 3 heterocycles. The molecule has 1 aromatic heterocycles. The Kier molecular flexibility index (Phi) is 8.27. The van der Waals surface area contributed by atoms with Crippen molar-refractivity contribution in [3.8, 4) is 22.9 Å². The van der Waals surface area contributed by atoms with Gasteiger partial charge in [0.05, 0.1) is 30.2 Å². The van der Waals surface area contributed by atoms with E-state index in [4.69, 9.17) is 14.2 Å². The predicted octanol–water partition coefficient (Wildman–Crippen LogP) is 6.75. The van der Waals surface area contributed by atoms with Gasteiger partial charge in [0.15, 0.2) is 23.3 Å². The number of alkyl halides is 5. The number of nitrogens with one attached hydrogen (secondary N) is 1. The highest BCUT2D eigenvalue weighted by Crippen LogP contribution is 2.42. The fourth-order valence-electron chi connectivity index (χ4n) is 5.14. The van der Waals surface area contributed by atoms with E-state index in [2.05, 4.69) is 19.9 Å². The molecule has 2 aliphatic rings. The van der Waals surface area contributed by atoms with Gasteiger partial charge in [-0.05, 0) is 80.9 Å². The lowest BCUT2D eigenvalue weighted by Gasteiger charge is -2.26. The first-order valence-electron chi connectivity index (χ1n) is 14.6. The molecule has 1 unspecified atom stereocenters. The number of carbonyl (C=O) groups excluding carboxylic acids is 2. The third kappa shape index (κ3) is 7.05. The maximum absolute atomic E-state index is 14.2. The van der Waals surface area contributed by atoms with Crippen LogP contribution in [0.15, 0.2) is 66.7 Å². The first-order chi connectivity index (χ1) is 22.6. The average molecular weight is 674 g/mol. The number of amides is 1. The quantitative estimate of drug-likeness (QED) is 0.170. The topological polar surface area (TPSA) is 110 Å². The summed E-state index contributed by atoms with van der Waals surface area (Å²) in [5.74, 6) is -1.20. The van der Waals surface area contributed by atoms with Crippen LogP contribution in [0.3, 0.4) is 0 Å². The Bertz CT molecular complexity index is 1870. The van der Waals surface area contributed by atoms with E-state index in [1.807, 2.05) is 0 Å². The highest BCUT2D eigenvalue weighted by Gasteiger charge is 2.44. The number of fused-ring (bicyclic) bond motifs is 2. The number of halogens is 5. The summed E-state index contributed by atoms with van der Waals surface area (Å²) in [5.41, 5.74) is -1.05. The van der Waals surface area contributed by atoms with E-state index in [1.165, 1.54) is 66.7 Å². The van der Waals surface area contributed by atoms with Crippen molar-refractivity contribution in [3.05, 3.63) is 100 Å². The van der Waals surface area contributed by atoms with Crippen LogP contribution in [-0.2, 0) is 28.8 Å². The predicted molar refractivity (Wildman–Crippen MR) is 157 cm³/mol. The van der Waals surface area contributed by atoms with Gasteiger partial charge in [0, 0.05) is 17.7 Å². The van der Waals surface area contributed by atoms with Crippen molar-refractivity contribution in [1.82, 2.24) is 15.1 Å². The number of ether oxygens (including phenoxy) is 5. The third-order valence-corrected chi connectivity index (χ3v) is 7.15. The molecule has 0 spiro atoms. The molecular formula is C33H28F5N3O7. The third-order valence-electron chi connectivity index (χ3n) is 7.15. The lowest BCUT2D eigenvalue weighted by atomic mass is 10.1. The molecule has 15 heteroatoms. The zero-order valence-electron chi connectivity index (χ0n) is 25.7. The minimum absolute atomic E-state index is 0.0688. The van der Waals surface area contributed by atoms with Gasteiger partial charge in [-0.3, -0.25) is 4.79 Å². The largest absolute Gasteiger partial charge is 0.586 e. The van der Waals surface area contributed by atoms with E-state index < -0.39 is 41.7 Å². The van der Waals surface area contributed by atoms with Crippen LogP contribution >= 0.6 is 0 Å². The summed E-state index contributed by atoms with van der Waals surface area (Å²) >= 11 is 0. The summed E-state index contributed by atoms with van der Waals surface area (Å²) in [6, 6.07) is 15.8. The van der Waals surface area contributed by atoms with Gasteiger partial charge in [0.25, 0.3) is 5.91 Å². The summed E-state index contributed by atoms with van der Waals surface area (Å²) < 4.78 is 96.0. The number of nitrogens with zero attached hydrogens (tertiary/aromatic N) is 2. The SMILES string of the molecule is CC(C)(C)OC(=O)c1ccc(OC2COCc3c(C(F)(F)F)nn(-c4cccc(C(=O)NCc5ccc6c(c5)OC(F)(F)O6)c4)c32)cc1. The minimum Gasteiger partial charge on any atom is -0.482 e. The number of rotatable bonds is 7. The lowest BCUT2D eigenvalue weighted by molar-refractivity contribution is -0.286. The van der Waals surface area contributed by atoms with E-state index in [0.717, 1.165) is 4.68 Å². The second-order valence-corrected chi connectivity index (χ2v) is 12.0. The van der Waals surface area contributed by atoms with E-state index in [-0.39, 0.29) is 65.1 Å². The molecule has 252 valence electrons. The van der Waals surface area contributed by atoms with Crippen molar-refractivity contribution < 1.29 is 55.2 Å². The molecule has 0 saturated heterocycles. The first-order valence-corrected chi connectivity index (χ1v) is 14.6. The molecule has 1 atom stereocenters. The Morgan fingerprint density at radius 3 is 2.42 bits per heavy atom. The number of aromatic nitrogens is 2. The number of carbonyl (C=O) groups is 2. The average Bonchev–Trinajstić information content (AvgIpc) is 3.56. The summed E-state index contributed by atoms with van der Waals surface area (Å²) in [5, 5.41) is 6.54. The van der Waals surface area contributed by atoms with Gasteiger partial charge < -0.3 is 29.0 Å². The summed E-state index contributed by atoms with van der Waals surface area (Å²) in [6.07, 6.45) is -9.65. The maximum Gasteiger partial charge on any atom is 0.586 e. The Hall–Kier alpha value is -5.18. The highest BCUT2D eigenvalue weighted by atomic mass is 19.4. The molecule has 1 amide bonds. The van der Waals surface area contributed by atoms with Gasteiger partial charge >= 0.3 is 18.4 Å². The molecule has 6 rings (SSSR count). The van der Waals surface area contributed by atoms with E-state index >= 15 is 0 Å². The molecule has 0 bridgehead atoms. The molecule has 0 saturated carbocycles. The van der Waals surface area contributed by atoms with Crippen molar-refractivity contribution >= 4 is 11.9 Å². The van der Waals surface area contributed by atoms with Gasteiger partial charge in [-0.15, -0.1) is 8.78 Å². The normalized spacial score (nSPS) is 16.6. The summed E-state index contributed by atoms with van der Waals surface area (Å²) in [6.45, 7) is 4.66. The second kappa shape index (κ2) is 12.1. The van der Waals surface area contributed by atoms with Crippen molar-refractivity contribution in [2.24, 2.45) is 0 Å². The molecule has 10 nitrogen and oxygen atoms in total. The molecule has 48 heavy (non-hydrogen) atoms. The summed E-state index contributed by atoms with van der Waals surface area (Å²) in [4.78, 5) is 25.5. The van der Waals surface area contributed by atoms with Gasteiger partial charge in [-0.2, -0.15) is 18.3 Å². The molecule has 0 aliphatic carbocycles. The van der Waals surface area contributed by atoms with Crippen LogP contribution in [-0.4, -0.2) is 40.2 Å². The first kappa shape index (κ1) is 32.7. The maximum atomic E-state index is 14.2. The van der Waals surface area contributed by atoms with Crippen LogP contribution < -0.4 is 19.5 Å². The lowest BCUT2D eigenvalue weighted by Crippen LogP contribution is -2.26. The molecule has 0 fully saturated rings. The number of esters is 1. The molecule has 2 aliphatic heterocycles. The van der Waals surface area contributed by atoms with Gasteiger partial charge in [0.2, 0.25) is 0 Å². The molecule has 4 aromatic rings. The summed E-state index contributed by atoms with van der Waals surface area (Å²) in [7, 11) is 0. The zero-order chi connectivity index (χ0) is 34.4. The minimum atomic E-state index is -4.82. The van der Waals surface area contributed by atoms with Crippen molar-refractivity contribution in [3.63, 3.8) is 0 Å². The smallest absolute Gasteiger partial charge is 0.482 e. The Morgan fingerprint density at radius 1 is 0.979 bits per heavy atom. The second-order valence-electron chi connectivity index (χ2n) is 12.0. The van der Waals surface area contributed by atoms with Crippen LogP contribution in [0.2, 0.25) is 0 Å². The van der Waals surface area contributed by atoms with Crippen LogP contribution in [0.1, 0.15) is 70.1 Å². The molecule has 3 aromatic carbocycles. The van der Waals surface area contributed by atoms with Crippen molar-refractivity contribution in [1.29, 1.82) is 0 Å². The standard InChI is InChI=1S/C33H28F5N3O7/c1-31(2,3)48-30(43)19-8-10-22(11-9-19)45-26-17-44-16-23-27(26)41(40-28(23)32(34,35)36)21-6-4-5-20(14-21)29(42)39-15-18-7-12-24-25(13-18)47-33(37,38)46-24/h4-14,26H,15-17H2,1-3H3,(H,39,42). The van der Waals surface area contributed by atoms with Crippen molar-refractivity contribution in [2.75, 3.05) is 6.61 Å². The highest BCUT2D eigenvalue weighted by molar-refractivity contribution is 5.94. The fourth-order valence-corrected chi connectivity index (χ4v) is 5.14. The molecule has 0 radical (unpaired) electrons. The number of hydrogen-bond donors (Lipinski definition) is 1. The molecular weight excluding hydrogens is 645 g/mol. The number of benzene rings is 3. The van der Waals surface area contributed by atoms with Crippen molar-refractivity contribution in [2.45, 2.75) is 58.1 Å². The number of hydrogen-bond acceptors (Lipinski definition) is 8. The monoisotopic (exact) mass is 673 g/mol. The van der Waals surface area contributed by atoms with Gasteiger partial charge in [-0.25, -0.2) is 9.48 Å². The molecule has 1 N–H and O–H groups in total. The van der Waals surface area contributed by atoms with Gasteiger partial charge in [-0.1, -0.05) is 12.1 Å². The fraction of sp³-hybridized carbons (Fsp3) is 0.303. The van der Waals surface area contributed by atoms with Crippen LogP contribution in [0.4, 0.5) is 22.0 Å². The van der Waals surface area contributed by atoms with E-state index in [0.29, 0.717) is 5.56 Å². The Labute approximate surface area is 270 Å². The van der Waals surface area contributed by atoms with Crippen LogP contribution in [0.5, 0.6) is 17.2 Å². The Morgan fingerprint density at radius 2 is 1.71 bits per heavy atom. The van der Waals surface area contributed by atoms with Crippen LogP contribution in [0.25, 0.3) is 5.69 Å². The van der Waals surface area contributed by atoms with Gasteiger partial charge in [0.1, 0.15) is 11.4 Å².